The lowest BCUT2D eigenvalue weighted by Gasteiger charge is -2.37. The second-order valence-electron chi connectivity index (χ2n) is 6.72. The number of aromatic nitrogens is 2. The Morgan fingerprint density at radius 1 is 1.36 bits per heavy atom. The molecule has 1 saturated carbocycles. The maximum atomic E-state index is 13.0. The Morgan fingerprint density at radius 3 is 2.68 bits per heavy atom. The molecule has 7 nitrogen and oxygen atoms in total. The first kappa shape index (κ1) is 19.9. The van der Waals surface area contributed by atoms with Crippen LogP contribution in [0.5, 0.6) is 0 Å². The molecule has 8 heteroatoms. The molecule has 140 valence electrons. The summed E-state index contributed by atoms with van der Waals surface area (Å²) in [4.78, 5) is 26.4. The van der Waals surface area contributed by atoms with E-state index in [0.717, 1.165) is 44.4 Å². The zero-order valence-corrected chi connectivity index (χ0v) is 16.1. The van der Waals surface area contributed by atoms with Gasteiger partial charge in [-0.05, 0) is 25.8 Å². The predicted octanol–water partition coefficient (Wildman–Crippen LogP) is 2.38. The molecule has 25 heavy (non-hydrogen) atoms. The number of ketones is 1. The lowest BCUT2D eigenvalue weighted by atomic mass is 9.90. The Hall–Kier alpha value is -1.41. The summed E-state index contributed by atoms with van der Waals surface area (Å²) < 4.78 is 5.53. The molecule has 0 unspecified atom stereocenters. The van der Waals surface area contributed by atoms with Crippen LogP contribution in [0, 0.1) is 5.92 Å². The maximum absolute atomic E-state index is 13.0. The minimum absolute atomic E-state index is 0.00619. The fourth-order valence-electron chi connectivity index (χ4n) is 3.27. The third-order valence-electron chi connectivity index (χ3n) is 4.53. The van der Waals surface area contributed by atoms with Crippen molar-refractivity contribution in [3.63, 3.8) is 0 Å². The molecule has 0 aliphatic heterocycles. The van der Waals surface area contributed by atoms with Crippen LogP contribution >= 0.6 is 11.8 Å². The van der Waals surface area contributed by atoms with Crippen LogP contribution in [0.4, 0.5) is 0 Å². The summed E-state index contributed by atoms with van der Waals surface area (Å²) >= 11 is 1.41. The zero-order valence-electron chi connectivity index (χ0n) is 15.2. The lowest BCUT2D eigenvalue weighted by Crippen LogP contribution is -2.50. The van der Waals surface area contributed by atoms with Crippen molar-refractivity contribution in [2.45, 2.75) is 63.3 Å². The van der Waals surface area contributed by atoms with Gasteiger partial charge in [0, 0.05) is 18.3 Å². The molecular weight excluding hydrogens is 340 g/mol. The SMILES string of the molecule is CNCCSc1nnc(C(=O)[C@H](C(C)C)N(C=O)C2CCCCC2)o1. The highest BCUT2D eigenvalue weighted by Crippen LogP contribution is 2.27. The second kappa shape index (κ2) is 9.91. The monoisotopic (exact) mass is 368 g/mol. The van der Waals surface area contributed by atoms with Gasteiger partial charge in [-0.15, -0.1) is 10.2 Å². The number of rotatable bonds is 10. The second-order valence-corrected chi connectivity index (χ2v) is 7.77. The standard InChI is InChI=1S/C17H28N4O3S/c1-12(2)14(21(11-22)13-7-5-4-6-8-13)15(23)16-19-20-17(24-16)25-10-9-18-3/h11-14,18H,4-10H2,1-3H3/t14-/m0/s1. The smallest absolute Gasteiger partial charge is 0.286 e. The van der Waals surface area contributed by atoms with E-state index >= 15 is 0 Å². The molecule has 1 amide bonds. The number of carbonyl (C=O) groups is 2. The first-order valence-corrected chi connectivity index (χ1v) is 9.95. The first-order chi connectivity index (χ1) is 12.1. The first-order valence-electron chi connectivity index (χ1n) is 8.96. The van der Waals surface area contributed by atoms with E-state index in [0.29, 0.717) is 5.22 Å². The van der Waals surface area contributed by atoms with E-state index in [1.807, 2.05) is 20.9 Å². The summed E-state index contributed by atoms with van der Waals surface area (Å²) in [6.07, 6.45) is 6.11. The van der Waals surface area contributed by atoms with E-state index in [2.05, 4.69) is 15.5 Å². The number of carbonyl (C=O) groups excluding carboxylic acids is 2. The molecule has 0 bridgehead atoms. The van der Waals surface area contributed by atoms with Gasteiger partial charge in [0.2, 0.25) is 12.2 Å². The Balaban J connectivity index is 2.12. The van der Waals surface area contributed by atoms with Crippen LogP contribution < -0.4 is 5.32 Å². The normalized spacial score (nSPS) is 16.8. The van der Waals surface area contributed by atoms with Crippen molar-refractivity contribution in [1.29, 1.82) is 0 Å². The number of hydrogen-bond acceptors (Lipinski definition) is 7. The van der Waals surface area contributed by atoms with Crippen molar-refractivity contribution >= 4 is 24.0 Å². The third kappa shape index (κ3) is 5.28. The van der Waals surface area contributed by atoms with E-state index in [1.54, 1.807) is 4.90 Å². The Bertz CT molecular complexity index is 558. The fourth-order valence-corrected chi connectivity index (χ4v) is 3.99. The van der Waals surface area contributed by atoms with Crippen LogP contribution in [-0.4, -0.2) is 58.7 Å². The summed E-state index contributed by atoms with van der Waals surface area (Å²) in [5.74, 6) is 0.489. The average Bonchev–Trinajstić information content (AvgIpc) is 3.08. The van der Waals surface area contributed by atoms with E-state index in [-0.39, 0.29) is 23.6 Å². The van der Waals surface area contributed by atoms with Crippen molar-refractivity contribution in [2.24, 2.45) is 5.92 Å². The molecule has 1 aliphatic carbocycles. The minimum Gasteiger partial charge on any atom is -0.408 e. The molecule has 0 aromatic carbocycles. The molecule has 1 aliphatic rings. The molecule has 1 N–H and O–H groups in total. The predicted molar refractivity (Wildman–Crippen MR) is 96.7 cm³/mol. The molecular formula is C17H28N4O3S. The van der Waals surface area contributed by atoms with Gasteiger partial charge in [0.05, 0.1) is 0 Å². The van der Waals surface area contributed by atoms with Gasteiger partial charge in [0.15, 0.2) is 0 Å². The summed E-state index contributed by atoms with van der Waals surface area (Å²) in [6.45, 7) is 4.70. The molecule has 1 atom stereocenters. The Kier molecular flexibility index (Phi) is 7.90. The average molecular weight is 369 g/mol. The molecule has 0 spiro atoms. The largest absolute Gasteiger partial charge is 0.408 e. The summed E-state index contributed by atoms with van der Waals surface area (Å²) in [5, 5.41) is 11.3. The van der Waals surface area contributed by atoms with E-state index in [9.17, 15) is 9.59 Å². The van der Waals surface area contributed by atoms with E-state index < -0.39 is 6.04 Å². The Morgan fingerprint density at radius 2 is 2.08 bits per heavy atom. The maximum Gasteiger partial charge on any atom is 0.286 e. The van der Waals surface area contributed by atoms with Crippen LogP contribution in [0.1, 0.15) is 56.6 Å². The van der Waals surface area contributed by atoms with Crippen LogP contribution in [0.25, 0.3) is 0 Å². The summed E-state index contributed by atoms with van der Waals surface area (Å²) in [6, 6.07) is -0.439. The molecule has 1 fully saturated rings. The van der Waals surface area contributed by atoms with Gasteiger partial charge >= 0.3 is 0 Å². The lowest BCUT2D eigenvalue weighted by molar-refractivity contribution is -0.123. The van der Waals surface area contributed by atoms with Crippen LogP contribution in [0.2, 0.25) is 0 Å². The van der Waals surface area contributed by atoms with Gasteiger partial charge in [-0.3, -0.25) is 9.59 Å². The van der Waals surface area contributed by atoms with Gasteiger partial charge in [-0.1, -0.05) is 44.9 Å². The van der Waals surface area contributed by atoms with Crippen LogP contribution in [0.3, 0.4) is 0 Å². The number of Topliss-reactive ketones (excluding diaryl/α,β-unsaturated/α-hetero) is 1. The third-order valence-corrected chi connectivity index (χ3v) is 5.35. The van der Waals surface area contributed by atoms with Crippen molar-refractivity contribution in [3.05, 3.63) is 5.89 Å². The highest BCUT2D eigenvalue weighted by atomic mass is 32.2. The highest BCUT2D eigenvalue weighted by Gasteiger charge is 2.36. The number of amides is 1. The molecule has 0 radical (unpaired) electrons. The van der Waals surface area contributed by atoms with Gasteiger partial charge in [0.25, 0.3) is 11.1 Å². The molecule has 0 saturated heterocycles. The molecule has 1 aromatic heterocycles. The topological polar surface area (TPSA) is 88.3 Å². The fraction of sp³-hybridized carbons (Fsp3) is 0.765. The van der Waals surface area contributed by atoms with Crippen molar-refractivity contribution < 1.29 is 14.0 Å². The van der Waals surface area contributed by atoms with Crippen LogP contribution in [0.15, 0.2) is 9.64 Å². The molecule has 1 heterocycles. The van der Waals surface area contributed by atoms with E-state index in [1.165, 1.54) is 18.2 Å². The quantitative estimate of drug-likeness (QED) is 0.293. The van der Waals surface area contributed by atoms with Gasteiger partial charge < -0.3 is 14.6 Å². The van der Waals surface area contributed by atoms with Crippen molar-refractivity contribution in [3.8, 4) is 0 Å². The van der Waals surface area contributed by atoms with Gasteiger partial charge in [0.1, 0.15) is 6.04 Å². The number of thioether (sulfide) groups is 1. The van der Waals surface area contributed by atoms with Crippen molar-refractivity contribution in [2.75, 3.05) is 19.3 Å². The van der Waals surface area contributed by atoms with Crippen LogP contribution in [-0.2, 0) is 4.79 Å². The summed E-state index contributed by atoms with van der Waals surface area (Å²) in [7, 11) is 1.87. The van der Waals surface area contributed by atoms with Crippen molar-refractivity contribution in [1.82, 2.24) is 20.4 Å². The summed E-state index contributed by atoms with van der Waals surface area (Å²) in [5.41, 5.74) is 0. The molecule has 1 aromatic rings. The number of nitrogens with one attached hydrogen (secondary N) is 1. The zero-order chi connectivity index (χ0) is 18.2. The number of hydrogen-bond donors (Lipinski definition) is 1. The molecule has 2 rings (SSSR count). The Labute approximate surface area is 153 Å². The number of nitrogens with zero attached hydrogens (tertiary/aromatic N) is 3. The van der Waals surface area contributed by atoms with Gasteiger partial charge in [-0.2, -0.15) is 0 Å². The minimum atomic E-state index is -0.559. The van der Waals surface area contributed by atoms with Gasteiger partial charge in [-0.25, -0.2) is 0 Å². The highest BCUT2D eigenvalue weighted by molar-refractivity contribution is 7.99. The van der Waals surface area contributed by atoms with E-state index in [4.69, 9.17) is 4.42 Å².